The van der Waals surface area contributed by atoms with Crippen LogP contribution >= 0.6 is 0 Å². The van der Waals surface area contributed by atoms with E-state index in [-0.39, 0.29) is 22.9 Å². The lowest BCUT2D eigenvalue weighted by Gasteiger charge is -2.14. The number of carbonyl (C=O) groups is 2. The molecule has 0 aliphatic heterocycles. The number of phenols is 1. The van der Waals surface area contributed by atoms with E-state index in [1.54, 1.807) is 72.8 Å². The first kappa shape index (κ1) is 20.1. The zero-order valence-electron chi connectivity index (χ0n) is 16.9. The molecule has 4 aromatic carbocycles. The van der Waals surface area contributed by atoms with Crippen LogP contribution in [0.5, 0.6) is 11.5 Å². The molecule has 0 aliphatic rings. The van der Waals surface area contributed by atoms with Crippen LogP contribution in [0.2, 0.25) is 0 Å². The molecule has 4 aromatic rings. The normalized spacial score (nSPS) is 10.5. The third-order valence-electron chi connectivity index (χ3n) is 5.11. The largest absolute Gasteiger partial charge is 0.506 e. The van der Waals surface area contributed by atoms with Crippen molar-refractivity contribution in [1.82, 2.24) is 0 Å². The van der Waals surface area contributed by atoms with Crippen molar-refractivity contribution in [2.45, 2.75) is 0 Å². The van der Waals surface area contributed by atoms with Gasteiger partial charge < -0.3 is 9.84 Å². The molecular weight excluding hydrogens is 388 g/mol. The number of hydrogen-bond acceptors (Lipinski definition) is 4. The Bertz CT molecular complexity index is 1230. The number of phenolic OH excluding ortho intramolecular Hbond substituents is 1. The highest BCUT2D eigenvalue weighted by Crippen LogP contribution is 2.41. The van der Waals surface area contributed by atoms with Gasteiger partial charge in [-0.05, 0) is 17.7 Å². The molecule has 0 saturated heterocycles. The van der Waals surface area contributed by atoms with Crippen LogP contribution in [0.4, 0.5) is 0 Å². The van der Waals surface area contributed by atoms with E-state index in [4.69, 9.17) is 4.74 Å². The number of ketones is 2. The van der Waals surface area contributed by atoms with Crippen molar-refractivity contribution in [3.8, 4) is 22.6 Å². The van der Waals surface area contributed by atoms with E-state index < -0.39 is 0 Å². The molecule has 4 rings (SSSR count). The Balaban J connectivity index is 1.73. The summed E-state index contributed by atoms with van der Waals surface area (Å²) < 4.78 is 5.43. The molecule has 0 heterocycles. The molecule has 0 atom stereocenters. The number of hydrogen-bond donors (Lipinski definition) is 1. The Kier molecular flexibility index (Phi) is 5.63. The Morgan fingerprint density at radius 1 is 0.645 bits per heavy atom. The van der Waals surface area contributed by atoms with E-state index in [0.29, 0.717) is 33.6 Å². The fourth-order valence-corrected chi connectivity index (χ4v) is 3.49. The highest BCUT2D eigenvalue weighted by atomic mass is 16.5. The van der Waals surface area contributed by atoms with Crippen LogP contribution in [-0.2, 0) is 0 Å². The van der Waals surface area contributed by atoms with Gasteiger partial charge in [-0.25, -0.2) is 0 Å². The number of aromatic hydroxyl groups is 1. The maximum atomic E-state index is 12.9. The fourth-order valence-electron chi connectivity index (χ4n) is 3.49. The van der Waals surface area contributed by atoms with Crippen molar-refractivity contribution in [3.63, 3.8) is 0 Å². The highest BCUT2D eigenvalue weighted by Gasteiger charge is 2.21. The molecule has 0 radical (unpaired) electrons. The maximum absolute atomic E-state index is 12.9. The monoisotopic (exact) mass is 408 g/mol. The lowest BCUT2D eigenvalue weighted by Crippen LogP contribution is -2.03. The van der Waals surface area contributed by atoms with Gasteiger partial charge in [-0.3, -0.25) is 9.59 Å². The second-order valence-corrected chi connectivity index (χ2v) is 7.01. The molecule has 152 valence electrons. The summed E-state index contributed by atoms with van der Waals surface area (Å²) in [4.78, 5) is 25.6. The zero-order valence-corrected chi connectivity index (χ0v) is 16.9. The summed E-state index contributed by atoms with van der Waals surface area (Å²) >= 11 is 0. The summed E-state index contributed by atoms with van der Waals surface area (Å²) in [5.74, 6) is -0.0891. The molecule has 0 spiro atoms. The van der Waals surface area contributed by atoms with Crippen molar-refractivity contribution >= 4 is 11.6 Å². The Hall–Kier alpha value is -4.18. The van der Waals surface area contributed by atoms with Crippen molar-refractivity contribution in [2.24, 2.45) is 0 Å². The average molecular weight is 408 g/mol. The second kappa shape index (κ2) is 8.67. The Morgan fingerprint density at radius 3 is 1.71 bits per heavy atom. The maximum Gasteiger partial charge on any atom is 0.196 e. The summed E-state index contributed by atoms with van der Waals surface area (Å²) in [6, 6.07) is 27.9. The van der Waals surface area contributed by atoms with Crippen LogP contribution in [0.25, 0.3) is 11.1 Å². The van der Waals surface area contributed by atoms with E-state index in [1.165, 1.54) is 7.11 Å². The lowest BCUT2D eigenvalue weighted by molar-refractivity contribution is 0.102. The smallest absolute Gasteiger partial charge is 0.196 e. The van der Waals surface area contributed by atoms with Crippen LogP contribution in [-0.4, -0.2) is 23.8 Å². The van der Waals surface area contributed by atoms with E-state index >= 15 is 0 Å². The topological polar surface area (TPSA) is 63.6 Å². The van der Waals surface area contributed by atoms with E-state index in [1.807, 2.05) is 24.3 Å². The average Bonchev–Trinajstić information content (AvgIpc) is 2.84. The minimum atomic E-state index is -0.280. The van der Waals surface area contributed by atoms with Crippen LogP contribution < -0.4 is 4.74 Å². The SMILES string of the molecule is COc1ccc(C(=O)c2ccccc2)c(O)c1-c1ccc(C(=O)c2ccccc2)cc1. The summed E-state index contributed by atoms with van der Waals surface area (Å²) in [6.07, 6.45) is 0. The van der Waals surface area contributed by atoms with Gasteiger partial charge in [0, 0.05) is 16.7 Å². The molecule has 0 unspecified atom stereocenters. The quantitative estimate of drug-likeness (QED) is 0.426. The van der Waals surface area contributed by atoms with Crippen molar-refractivity contribution in [3.05, 3.63) is 119 Å². The van der Waals surface area contributed by atoms with Gasteiger partial charge in [-0.1, -0.05) is 84.9 Å². The highest BCUT2D eigenvalue weighted by molar-refractivity contribution is 6.12. The first-order valence-corrected chi connectivity index (χ1v) is 9.80. The minimum absolute atomic E-state index is 0.0867. The van der Waals surface area contributed by atoms with Gasteiger partial charge in [-0.2, -0.15) is 0 Å². The van der Waals surface area contributed by atoms with Gasteiger partial charge in [0.05, 0.1) is 18.2 Å². The third-order valence-corrected chi connectivity index (χ3v) is 5.11. The molecule has 0 fully saturated rings. The third kappa shape index (κ3) is 3.96. The Morgan fingerprint density at radius 2 is 1.16 bits per heavy atom. The van der Waals surface area contributed by atoms with Gasteiger partial charge in [0.1, 0.15) is 11.5 Å². The molecule has 0 bridgehead atoms. The molecule has 0 saturated carbocycles. The van der Waals surface area contributed by atoms with Gasteiger partial charge in [0.15, 0.2) is 11.6 Å². The number of rotatable bonds is 6. The van der Waals surface area contributed by atoms with E-state index in [0.717, 1.165) is 0 Å². The summed E-state index contributed by atoms with van der Waals surface area (Å²) in [7, 11) is 1.50. The van der Waals surface area contributed by atoms with E-state index in [2.05, 4.69) is 0 Å². The van der Waals surface area contributed by atoms with Gasteiger partial charge in [0.2, 0.25) is 0 Å². The van der Waals surface area contributed by atoms with E-state index in [9.17, 15) is 14.7 Å². The minimum Gasteiger partial charge on any atom is -0.506 e. The predicted octanol–water partition coefficient (Wildman–Crippen LogP) is 5.53. The van der Waals surface area contributed by atoms with Crippen LogP contribution in [0.1, 0.15) is 31.8 Å². The molecule has 4 heteroatoms. The van der Waals surface area contributed by atoms with Crippen LogP contribution in [0.3, 0.4) is 0 Å². The van der Waals surface area contributed by atoms with Crippen molar-refractivity contribution in [2.75, 3.05) is 7.11 Å². The number of carbonyl (C=O) groups excluding carboxylic acids is 2. The summed E-state index contributed by atoms with van der Waals surface area (Å²) in [5.41, 5.74) is 2.85. The predicted molar refractivity (Wildman–Crippen MR) is 120 cm³/mol. The molecule has 0 aliphatic carbocycles. The molecule has 0 amide bonds. The number of ether oxygens (including phenoxy) is 1. The molecular formula is C27H20O4. The second-order valence-electron chi connectivity index (χ2n) is 7.01. The number of methoxy groups -OCH3 is 1. The zero-order chi connectivity index (χ0) is 21.8. The van der Waals surface area contributed by atoms with Crippen LogP contribution in [0.15, 0.2) is 97.1 Å². The number of benzene rings is 4. The first-order chi connectivity index (χ1) is 15.1. The van der Waals surface area contributed by atoms with Crippen LogP contribution in [0, 0.1) is 0 Å². The summed E-state index contributed by atoms with van der Waals surface area (Å²) in [5, 5.41) is 11.0. The summed E-state index contributed by atoms with van der Waals surface area (Å²) in [6.45, 7) is 0. The van der Waals surface area contributed by atoms with Gasteiger partial charge in [0.25, 0.3) is 0 Å². The molecule has 31 heavy (non-hydrogen) atoms. The molecule has 4 nitrogen and oxygen atoms in total. The first-order valence-electron chi connectivity index (χ1n) is 9.80. The van der Waals surface area contributed by atoms with Crippen molar-refractivity contribution in [1.29, 1.82) is 0 Å². The van der Waals surface area contributed by atoms with Gasteiger partial charge in [-0.15, -0.1) is 0 Å². The molecule has 1 N–H and O–H groups in total. The molecule has 0 aromatic heterocycles. The lowest BCUT2D eigenvalue weighted by atomic mass is 9.94. The fraction of sp³-hybridized carbons (Fsp3) is 0.0370. The van der Waals surface area contributed by atoms with Crippen molar-refractivity contribution < 1.29 is 19.4 Å². The standard InChI is InChI=1S/C27H20O4/c1-31-23-17-16-22(26(29)20-10-6-3-7-11-20)27(30)24(23)18-12-14-21(15-13-18)25(28)19-8-4-2-5-9-19/h2-17,30H,1H3. The van der Waals surface area contributed by atoms with Gasteiger partial charge >= 0.3 is 0 Å². The Labute approximate surface area is 180 Å².